The van der Waals surface area contributed by atoms with E-state index >= 15 is 0 Å². The van der Waals surface area contributed by atoms with Crippen molar-refractivity contribution in [3.05, 3.63) is 21.6 Å². The molecule has 0 spiro atoms. The van der Waals surface area contributed by atoms with Gasteiger partial charge in [0.15, 0.2) is 0 Å². The van der Waals surface area contributed by atoms with E-state index in [2.05, 4.69) is 46.6 Å². The van der Waals surface area contributed by atoms with Crippen molar-refractivity contribution in [2.75, 3.05) is 0 Å². The van der Waals surface area contributed by atoms with Crippen molar-refractivity contribution < 1.29 is 0 Å². The summed E-state index contributed by atoms with van der Waals surface area (Å²) in [4.78, 5) is 11.9. The molecule has 1 N–H and O–H groups in total. The molecule has 86 valence electrons. The molecule has 1 aromatic rings. The Bertz CT molecular complexity index is 391. The van der Waals surface area contributed by atoms with Crippen LogP contribution in [0.3, 0.4) is 0 Å². The smallest absolute Gasteiger partial charge is 0.268 e. The summed E-state index contributed by atoms with van der Waals surface area (Å²) < 4.78 is 1.99. The van der Waals surface area contributed by atoms with Gasteiger partial charge in [-0.15, -0.1) is 0 Å². The Kier molecular flexibility index (Phi) is 3.12. The van der Waals surface area contributed by atoms with Gasteiger partial charge in [0, 0.05) is 17.3 Å². The van der Waals surface area contributed by atoms with Crippen LogP contribution in [-0.4, -0.2) is 9.78 Å². The molecule has 15 heavy (non-hydrogen) atoms. The molecule has 0 fully saturated rings. The molecule has 0 atom stereocenters. The average Bonchev–Trinajstić information content (AvgIpc) is 2.41. The summed E-state index contributed by atoms with van der Waals surface area (Å²) in [6, 6.07) is 0.309. The molecule has 1 heterocycles. The topological polar surface area (TPSA) is 37.8 Å². The number of hydrogen-bond acceptors (Lipinski definition) is 1. The first-order valence-electron chi connectivity index (χ1n) is 5.62. The fraction of sp³-hybridized carbons (Fsp3) is 0.750. The largest absolute Gasteiger partial charge is 0.286 e. The van der Waals surface area contributed by atoms with Gasteiger partial charge < -0.3 is 0 Å². The zero-order chi connectivity index (χ0) is 11.8. The molecule has 0 unspecified atom stereocenters. The van der Waals surface area contributed by atoms with Crippen molar-refractivity contribution in [3.8, 4) is 0 Å². The van der Waals surface area contributed by atoms with Crippen LogP contribution in [0.2, 0.25) is 0 Å². The number of rotatable bonds is 2. The zero-order valence-electron chi connectivity index (χ0n) is 10.6. The monoisotopic (exact) mass is 210 g/mol. The van der Waals surface area contributed by atoms with Gasteiger partial charge in [-0.05, 0) is 25.7 Å². The molecular weight excluding hydrogens is 188 g/mol. The maximum Gasteiger partial charge on any atom is 0.268 e. The number of H-pyrrole nitrogens is 1. The fourth-order valence-corrected chi connectivity index (χ4v) is 2.05. The number of hydrogen-bond donors (Lipinski definition) is 1. The predicted octanol–water partition coefficient (Wildman–Crippen LogP) is 2.62. The molecule has 0 saturated heterocycles. The van der Waals surface area contributed by atoms with Gasteiger partial charge >= 0.3 is 0 Å². The second-order valence-corrected chi connectivity index (χ2v) is 5.33. The minimum Gasteiger partial charge on any atom is -0.286 e. The molecule has 0 aliphatic carbocycles. The Hall–Kier alpha value is -0.990. The lowest BCUT2D eigenvalue weighted by molar-refractivity contribution is 0.502. The van der Waals surface area contributed by atoms with Crippen molar-refractivity contribution >= 4 is 0 Å². The molecule has 0 amide bonds. The highest BCUT2D eigenvalue weighted by atomic mass is 16.1. The molecule has 3 nitrogen and oxygen atoms in total. The van der Waals surface area contributed by atoms with Crippen molar-refractivity contribution in [1.82, 2.24) is 9.78 Å². The lowest BCUT2D eigenvalue weighted by atomic mass is 9.86. The van der Waals surface area contributed by atoms with Crippen molar-refractivity contribution in [1.29, 1.82) is 0 Å². The van der Waals surface area contributed by atoms with Crippen LogP contribution in [0.5, 0.6) is 0 Å². The average molecular weight is 210 g/mol. The van der Waals surface area contributed by atoms with Crippen LogP contribution in [0.25, 0.3) is 0 Å². The maximum atomic E-state index is 11.9. The van der Waals surface area contributed by atoms with Crippen LogP contribution in [0.1, 0.15) is 58.8 Å². The second kappa shape index (κ2) is 3.87. The SMILES string of the molecule is CCc1c(C(C)(C)C)c(=O)[nH]n1C(C)C. The van der Waals surface area contributed by atoms with Gasteiger partial charge in [-0.1, -0.05) is 27.7 Å². The lowest BCUT2D eigenvalue weighted by Gasteiger charge is -2.19. The summed E-state index contributed by atoms with van der Waals surface area (Å²) in [6.07, 6.45) is 0.892. The fourth-order valence-electron chi connectivity index (χ4n) is 2.05. The van der Waals surface area contributed by atoms with Gasteiger partial charge in [0.25, 0.3) is 5.56 Å². The standard InChI is InChI=1S/C12H22N2O/c1-7-9-10(12(4,5)6)11(15)13-14(9)8(2)3/h8H,7H2,1-6H3,(H,13,15). The molecule has 0 aromatic carbocycles. The molecule has 0 bridgehead atoms. The Morgan fingerprint density at radius 1 is 1.33 bits per heavy atom. The minimum absolute atomic E-state index is 0.0630. The van der Waals surface area contributed by atoms with E-state index in [1.54, 1.807) is 0 Å². The van der Waals surface area contributed by atoms with E-state index in [0.29, 0.717) is 6.04 Å². The van der Waals surface area contributed by atoms with E-state index in [1.807, 2.05) is 4.68 Å². The Morgan fingerprint density at radius 2 is 1.87 bits per heavy atom. The van der Waals surface area contributed by atoms with Crippen LogP contribution < -0.4 is 5.56 Å². The number of aromatic nitrogens is 2. The van der Waals surface area contributed by atoms with Crippen molar-refractivity contribution in [3.63, 3.8) is 0 Å². The normalized spacial score (nSPS) is 12.5. The van der Waals surface area contributed by atoms with Gasteiger partial charge in [0.2, 0.25) is 0 Å². The van der Waals surface area contributed by atoms with Gasteiger partial charge in [-0.25, -0.2) is 0 Å². The van der Waals surface area contributed by atoms with Crippen LogP contribution in [-0.2, 0) is 11.8 Å². The summed E-state index contributed by atoms with van der Waals surface area (Å²) in [5.74, 6) is 0. The van der Waals surface area contributed by atoms with E-state index in [0.717, 1.165) is 17.7 Å². The number of nitrogens with zero attached hydrogens (tertiary/aromatic N) is 1. The van der Waals surface area contributed by atoms with Gasteiger partial charge in [0.1, 0.15) is 0 Å². The van der Waals surface area contributed by atoms with E-state index in [4.69, 9.17) is 0 Å². The van der Waals surface area contributed by atoms with Crippen LogP contribution in [0.15, 0.2) is 4.79 Å². The Morgan fingerprint density at radius 3 is 2.20 bits per heavy atom. The lowest BCUT2D eigenvalue weighted by Crippen LogP contribution is -2.22. The zero-order valence-corrected chi connectivity index (χ0v) is 10.6. The highest BCUT2D eigenvalue weighted by Gasteiger charge is 2.25. The summed E-state index contributed by atoms with van der Waals surface area (Å²) in [6.45, 7) is 12.5. The molecule has 0 saturated carbocycles. The number of nitrogens with one attached hydrogen (secondary N) is 1. The molecule has 0 aliphatic heterocycles. The minimum atomic E-state index is -0.0843. The Balaban J connectivity index is 3.46. The molecular formula is C12H22N2O. The summed E-state index contributed by atoms with van der Waals surface area (Å²) in [5.41, 5.74) is 2.05. The van der Waals surface area contributed by atoms with Crippen molar-refractivity contribution in [2.45, 2.75) is 59.4 Å². The third-order valence-electron chi connectivity index (χ3n) is 2.63. The Labute approximate surface area is 91.5 Å². The molecule has 1 aromatic heterocycles. The first kappa shape index (κ1) is 12.1. The van der Waals surface area contributed by atoms with Crippen LogP contribution in [0, 0.1) is 0 Å². The highest BCUT2D eigenvalue weighted by molar-refractivity contribution is 5.26. The predicted molar refractivity (Wildman–Crippen MR) is 63.5 cm³/mol. The molecule has 3 heteroatoms. The van der Waals surface area contributed by atoms with Crippen LogP contribution in [0.4, 0.5) is 0 Å². The summed E-state index contributed by atoms with van der Waals surface area (Å²) >= 11 is 0. The molecule has 1 rings (SSSR count). The molecule has 0 radical (unpaired) electrons. The van der Waals surface area contributed by atoms with E-state index in [9.17, 15) is 4.79 Å². The van der Waals surface area contributed by atoms with Gasteiger partial charge in [-0.3, -0.25) is 14.6 Å². The second-order valence-electron chi connectivity index (χ2n) is 5.33. The van der Waals surface area contributed by atoms with Crippen molar-refractivity contribution in [2.24, 2.45) is 0 Å². The van der Waals surface area contributed by atoms with Crippen LogP contribution >= 0.6 is 0 Å². The summed E-state index contributed by atoms with van der Waals surface area (Å²) in [5, 5.41) is 2.93. The first-order valence-corrected chi connectivity index (χ1v) is 5.62. The van der Waals surface area contributed by atoms with Gasteiger partial charge in [-0.2, -0.15) is 0 Å². The van der Waals surface area contributed by atoms with Gasteiger partial charge in [0.05, 0.1) is 0 Å². The van der Waals surface area contributed by atoms with E-state index < -0.39 is 0 Å². The third kappa shape index (κ3) is 2.16. The molecule has 0 aliphatic rings. The maximum absolute atomic E-state index is 11.9. The first-order chi connectivity index (χ1) is 6.79. The van der Waals surface area contributed by atoms with E-state index in [1.165, 1.54) is 0 Å². The number of aromatic amines is 1. The highest BCUT2D eigenvalue weighted by Crippen LogP contribution is 2.24. The summed E-state index contributed by atoms with van der Waals surface area (Å²) in [7, 11) is 0. The quantitative estimate of drug-likeness (QED) is 0.800. The van der Waals surface area contributed by atoms with E-state index in [-0.39, 0.29) is 11.0 Å². The third-order valence-corrected chi connectivity index (χ3v) is 2.63.